The Balaban J connectivity index is 2.37. The number of carbonyl (C=O) groups excluding carboxylic acids is 1. The van der Waals surface area contributed by atoms with Gasteiger partial charge < -0.3 is 14.8 Å². The molecule has 1 N–H and O–H groups in total. The van der Waals surface area contributed by atoms with E-state index in [2.05, 4.69) is 5.32 Å². The molecule has 0 radical (unpaired) electrons. The maximum absolute atomic E-state index is 12.5. The Kier molecular flexibility index (Phi) is 6.39. The van der Waals surface area contributed by atoms with Gasteiger partial charge in [0.1, 0.15) is 5.75 Å². The number of methoxy groups -OCH3 is 2. The molecule has 4 heteroatoms. The summed E-state index contributed by atoms with van der Waals surface area (Å²) in [5, 5.41) is 2.87. The number of amides is 1. The van der Waals surface area contributed by atoms with E-state index in [0.29, 0.717) is 18.7 Å². The second-order valence-electron chi connectivity index (χ2n) is 4.91. The molecule has 0 fully saturated rings. The fourth-order valence-electron chi connectivity index (χ4n) is 2.20. The van der Waals surface area contributed by atoms with Crippen LogP contribution in [0.5, 0.6) is 5.75 Å². The lowest BCUT2D eigenvalue weighted by Gasteiger charge is -2.11. The van der Waals surface area contributed by atoms with Crippen LogP contribution in [0.3, 0.4) is 0 Å². The number of rotatable bonds is 7. The molecule has 0 spiro atoms. The van der Waals surface area contributed by atoms with Gasteiger partial charge in [-0.05, 0) is 17.7 Å². The van der Waals surface area contributed by atoms with E-state index >= 15 is 0 Å². The molecule has 23 heavy (non-hydrogen) atoms. The number of nitrogens with one attached hydrogen (secondary N) is 1. The molecular weight excluding hydrogens is 290 g/mol. The zero-order chi connectivity index (χ0) is 16.5. The maximum atomic E-state index is 12.5. The van der Waals surface area contributed by atoms with Crippen LogP contribution in [-0.4, -0.2) is 33.3 Å². The van der Waals surface area contributed by atoms with Crippen LogP contribution in [0.15, 0.2) is 54.6 Å². The normalized spacial score (nSPS) is 11.1. The zero-order valence-corrected chi connectivity index (χ0v) is 13.4. The standard InChI is InChI=1S/C19H21NO3/c1-22-13-12-20-19(21)17(15-8-4-3-5-9-15)14-16-10-6-7-11-18(16)23-2/h3-11,14H,12-13H2,1-2H3,(H,20,21)/b17-14+. The van der Waals surface area contributed by atoms with Crippen LogP contribution >= 0.6 is 0 Å². The molecule has 2 aromatic carbocycles. The molecule has 0 heterocycles. The molecule has 1 amide bonds. The number of benzene rings is 2. The van der Waals surface area contributed by atoms with Gasteiger partial charge in [0.05, 0.1) is 13.7 Å². The van der Waals surface area contributed by atoms with Crippen molar-refractivity contribution in [3.63, 3.8) is 0 Å². The summed E-state index contributed by atoms with van der Waals surface area (Å²) < 4.78 is 10.3. The van der Waals surface area contributed by atoms with Crippen LogP contribution in [0.2, 0.25) is 0 Å². The molecule has 2 rings (SSSR count). The van der Waals surface area contributed by atoms with Crippen LogP contribution in [-0.2, 0) is 9.53 Å². The molecule has 0 aliphatic rings. The van der Waals surface area contributed by atoms with E-state index in [1.807, 2.05) is 60.7 Å². The second kappa shape index (κ2) is 8.76. The van der Waals surface area contributed by atoms with Crippen molar-refractivity contribution in [2.75, 3.05) is 27.4 Å². The molecule has 0 saturated carbocycles. The average molecular weight is 311 g/mol. The van der Waals surface area contributed by atoms with Crippen LogP contribution in [0, 0.1) is 0 Å². The lowest BCUT2D eigenvalue weighted by molar-refractivity contribution is -0.115. The Bertz CT molecular complexity index is 665. The average Bonchev–Trinajstić information content (AvgIpc) is 2.60. The summed E-state index contributed by atoms with van der Waals surface area (Å²) in [4.78, 5) is 12.5. The van der Waals surface area contributed by atoms with Gasteiger partial charge in [-0.2, -0.15) is 0 Å². The van der Waals surface area contributed by atoms with E-state index in [1.54, 1.807) is 14.2 Å². The molecule has 0 aliphatic heterocycles. The SMILES string of the molecule is COCCNC(=O)/C(=C/c1ccccc1OC)c1ccccc1. The molecule has 4 nitrogen and oxygen atoms in total. The first-order valence-electron chi connectivity index (χ1n) is 7.43. The number of hydrogen-bond acceptors (Lipinski definition) is 3. The Morgan fingerprint density at radius 3 is 2.43 bits per heavy atom. The fraction of sp³-hybridized carbons (Fsp3) is 0.211. The van der Waals surface area contributed by atoms with Gasteiger partial charge in [-0.3, -0.25) is 4.79 Å². The summed E-state index contributed by atoms with van der Waals surface area (Å²) in [6, 6.07) is 17.2. The van der Waals surface area contributed by atoms with Crippen molar-refractivity contribution >= 4 is 17.6 Å². The lowest BCUT2D eigenvalue weighted by Crippen LogP contribution is -2.27. The predicted molar refractivity (Wildman–Crippen MR) is 92.2 cm³/mol. The Morgan fingerprint density at radius 2 is 1.74 bits per heavy atom. The highest BCUT2D eigenvalue weighted by Gasteiger charge is 2.12. The van der Waals surface area contributed by atoms with Gasteiger partial charge in [0.25, 0.3) is 5.91 Å². The first-order chi connectivity index (χ1) is 11.3. The first-order valence-corrected chi connectivity index (χ1v) is 7.43. The van der Waals surface area contributed by atoms with Crippen LogP contribution in [0.4, 0.5) is 0 Å². The van der Waals surface area contributed by atoms with Crippen molar-refractivity contribution in [3.05, 3.63) is 65.7 Å². The number of para-hydroxylation sites is 1. The largest absolute Gasteiger partial charge is 0.496 e. The second-order valence-corrected chi connectivity index (χ2v) is 4.91. The molecular formula is C19H21NO3. The number of ether oxygens (including phenoxy) is 2. The van der Waals surface area contributed by atoms with E-state index in [9.17, 15) is 4.79 Å². The van der Waals surface area contributed by atoms with Gasteiger partial charge in [0.2, 0.25) is 0 Å². The van der Waals surface area contributed by atoms with Gasteiger partial charge in [0.15, 0.2) is 0 Å². The minimum Gasteiger partial charge on any atom is -0.496 e. The Labute approximate surface area is 136 Å². The van der Waals surface area contributed by atoms with Crippen LogP contribution < -0.4 is 10.1 Å². The monoisotopic (exact) mass is 311 g/mol. The van der Waals surface area contributed by atoms with Crippen molar-refractivity contribution in [1.82, 2.24) is 5.32 Å². The quantitative estimate of drug-likeness (QED) is 0.486. The molecule has 120 valence electrons. The fourth-order valence-corrected chi connectivity index (χ4v) is 2.20. The van der Waals surface area contributed by atoms with Crippen molar-refractivity contribution < 1.29 is 14.3 Å². The topological polar surface area (TPSA) is 47.6 Å². The summed E-state index contributed by atoms with van der Waals surface area (Å²) >= 11 is 0. The van der Waals surface area contributed by atoms with E-state index in [4.69, 9.17) is 9.47 Å². The third kappa shape index (κ3) is 4.69. The van der Waals surface area contributed by atoms with E-state index < -0.39 is 0 Å². The van der Waals surface area contributed by atoms with Gasteiger partial charge in [0, 0.05) is 24.8 Å². The van der Waals surface area contributed by atoms with Gasteiger partial charge in [-0.15, -0.1) is 0 Å². The van der Waals surface area contributed by atoms with E-state index in [1.165, 1.54) is 0 Å². The van der Waals surface area contributed by atoms with Gasteiger partial charge in [-0.25, -0.2) is 0 Å². The van der Waals surface area contributed by atoms with Gasteiger partial charge >= 0.3 is 0 Å². The highest BCUT2D eigenvalue weighted by molar-refractivity contribution is 6.24. The summed E-state index contributed by atoms with van der Waals surface area (Å²) in [6.07, 6.45) is 1.84. The maximum Gasteiger partial charge on any atom is 0.251 e. The summed E-state index contributed by atoms with van der Waals surface area (Å²) in [7, 11) is 3.22. The third-order valence-corrected chi connectivity index (χ3v) is 3.36. The molecule has 0 aromatic heterocycles. The third-order valence-electron chi connectivity index (χ3n) is 3.36. The first kappa shape index (κ1) is 16.8. The van der Waals surface area contributed by atoms with Crippen molar-refractivity contribution in [2.45, 2.75) is 0 Å². The van der Waals surface area contributed by atoms with Crippen LogP contribution in [0.1, 0.15) is 11.1 Å². The van der Waals surface area contributed by atoms with Crippen molar-refractivity contribution in [2.24, 2.45) is 0 Å². The molecule has 2 aromatic rings. The van der Waals surface area contributed by atoms with Gasteiger partial charge in [-0.1, -0.05) is 48.5 Å². The van der Waals surface area contributed by atoms with Crippen molar-refractivity contribution in [1.29, 1.82) is 0 Å². The molecule has 0 bridgehead atoms. The highest BCUT2D eigenvalue weighted by atomic mass is 16.5. The molecule has 0 unspecified atom stereocenters. The number of hydrogen-bond donors (Lipinski definition) is 1. The lowest BCUT2D eigenvalue weighted by atomic mass is 10.0. The summed E-state index contributed by atoms with van der Waals surface area (Å²) in [5.41, 5.74) is 2.30. The minimum absolute atomic E-state index is 0.140. The Hall–Kier alpha value is -2.59. The van der Waals surface area contributed by atoms with Crippen molar-refractivity contribution in [3.8, 4) is 5.75 Å². The Morgan fingerprint density at radius 1 is 1.04 bits per heavy atom. The predicted octanol–water partition coefficient (Wildman–Crippen LogP) is 3.00. The highest BCUT2D eigenvalue weighted by Crippen LogP contribution is 2.24. The molecule has 0 atom stereocenters. The number of carbonyl (C=O) groups is 1. The minimum atomic E-state index is -0.140. The summed E-state index contributed by atoms with van der Waals surface area (Å²) in [5.74, 6) is 0.588. The van der Waals surface area contributed by atoms with E-state index in [-0.39, 0.29) is 5.91 Å². The summed E-state index contributed by atoms with van der Waals surface area (Å²) in [6.45, 7) is 0.938. The van der Waals surface area contributed by atoms with E-state index in [0.717, 1.165) is 16.9 Å². The zero-order valence-electron chi connectivity index (χ0n) is 13.4. The van der Waals surface area contributed by atoms with Crippen LogP contribution in [0.25, 0.3) is 11.6 Å². The molecule has 0 aliphatic carbocycles. The smallest absolute Gasteiger partial charge is 0.251 e. The molecule has 0 saturated heterocycles.